The maximum Gasteiger partial charge on any atom is 0.294 e. The molecule has 0 bridgehead atoms. The van der Waals surface area contributed by atoms with E-state index >= 15 is 0 Å². The van der Waals surface area contributed by atoms with Crippen molar-refractivity contribution in [3.8, 4) is 0 Å². The summed E-state index contributed by atoms with van der Waals surface area (Å²) in [7, 11) is 0. The molecule has 0 unspecified atom stereocenters. The molecular formula is C10H14N4O3. The number of rotatable bonds is 5. The summed E-state index contributed by atoms with van der Waals surface area (Å²) in [6.45, 7) is 2.42. The molecular weight excluding hydrogens is 224 g/mol. The number of nitrogen functional groups attached to an aromatic ring is 1. The zero-order valence-corrected chi connectivity index (χ0v) is 9.40. The number of nitrogens with zero attached hydrogens (tertiary/aromatic N) is 1. The molecule has 0 spiro atoms. The van der Waals surface area contributed by atoms with Crippen molar-refractivity contribution in [1.29, 1.82) is 0 Å². The van der Waals surface area contributed by atoms with E-state index in [-0.39, 0.29) is 22.8 Å². The second kappa shape index (κ2) is 5.80. The second-order valence-corrected chi connectivity index (χ2v) is 3.36. The Morgan fingerprint density at radius 2 is 2.24 bits per heavy atom. The molecule has 7 nitrogen and oxygen atoms in total. The molecule has 0 aliphatic carbocycles. The Morgan fingerprint density at radius 1 is 1.53 bits per heavy atom. The number of benzene rings is 1. The van der Waals surface area contributed by atoms with Crippen LogP contribution >= 0.6 is 0 Å². The number of nitrogens with one attached hydrogen (secondary N) is 2. The van der Waals surface area contributed by atoms with E-state index in [2.05, 4.69) is 10.7 Å². The van der Waals surface area contributed by atoms with Gasteiger partial charge in [0.25, 0.3) is 11.6 Å². The normalized spacial score (nSPS) is 9.76. The molecule has 0 atom stereocenters. The Kier molecular flexibility index (Phi) is 4.41. The summed E-state index contributed by atoms with van der Waals surface area (Å²) in [5.41, 5.74) is 2.16. The fraction of sp³-hybridized carbons (Fsp3) is 0.300. The van der Waals surface area contributed by atoms with Gasteiger partial charge < -0.3 is 10.7 Å². The van der Waals surface area contributed by atoms with Crippen LogP contribution in [0.2, 0.25) is 0 Å². The molecule has 0 aliphatic rings. The van der Waals surface area contributed by atoms with E-state index < -0.39 is 4.92 Å². The molecule has 17 heavy (non-hydrogen) atoms. The number of para-hydroxylation sites is 1. The van der Waals surface area contributed by atoms with E-state index in [1.807, 2.05) is 6.92 Å². The van der Waals surface area contributed by atoms with Crippen LogP contribution in [0.5, 0.6) is 0 Å². The SMILES string of the molecule is CCCNC(=O)c1cccc([N+](=O)[O-])c1NN. The molecule has 4 N–H and O–H groups in total. The van der Waals surface area contributed by atoms with Gasteiger partial charge in [-0.25, -0.2) is 0 Å². The zero-order valence-electron chi connectivity index (χ0n) is 9.40. The minimum atomic E-state index is -0.591. The highest BCUT2D eigenvalue weighted by atomic mass is 16.6. The first-order valence-corrected chi connectivity index (χ1v) is 5.14. The van der Waals surface area contributed by atoms with Gasteiger partial charge in [-0.15, -0.1) is 0 Å². The predicted octanol–water partition coefficient (Wildman–Crippen LogP) is 1.02. The van der Waals surface area contributed by atoms with Crippen LogP contribution in [-0.2, 0) is 0 Å². The maximum absolute atomic E-state index is 11.7. The van der Waals surface area contributed by atoms with E-state index in [4.69, 9.17) is 5.84 Å². The Balaban J connectivity index is 3.11. The van der Waals surface area contributed by atoms with Gasteiger partial charge in [0.15, 0.2) is 0 Å². The third kappa shape index (κ3) is 2.91. The van der Waals surface area contributed by atoms with Crippen molar-refractivity contribution in [2.24, 2.45) is 5.84 Å². The molecule has 0 saturated heterocycles. The molecule has 0 heterocycles. The van der Waals surface area contributed by atoms with E-state index in [9.17, 15) is 14.9 Å². The standard InChI is InChI=1S/C10H14N4O3/c1-2-6-12-10(15)7-4-3-5-8(14(16)17)9(7)13-11/h3-5,13H,2,6,11H2,1H3,(H,12,15). The van der Waals surface area contributed by atoms with Crippen molar-refractivity contribution < 1.29 is 9.72 Å². The molecule has 7 heteroatoms. The van der Waals surface area contributed by atoms with Crippen LogP contribution in [0, 0.1) is 10.1 Å². The lowest BCUT2D eigenvalue weighted by Gasteiger charge is -2.09. The molecule has 0 radical (unpaired) electrons. The van der Waals surface area contributed by atoms with E-state index in [1.54, 1.807) is 0 Å². The molecule has 1 aromatic rings. The number of nitrogens with two attached hydrogens (primary N) is 1. The average Bonchev–Trinajstić information content (AvgIpc) is 2.34. The quantitative estimate of drug-likeness (QED) is 0.403. The molecule has 1 aromatic carbocycles. The van der Waals surface area contributed by atoms with Gasteiger partial charge in [-0.1, -0.05) is 13.0 Å². The Labute approximate surface area is 98.1 Å². The molecule has 1 rings (SSSR count). The minimum Gasteiger partial charge on any atom is -0.352 e. The van der Waals surface area contributed by atoms with E-state index in [1.165, 1.54) is 18.2 Å². The number of nitro benzene ring substituents is 1. The summed E-state index contributed by atoms with van der Waals surface area (Å²) in [4.78, 5) is 21.9. The van der Waals surface area contributed by atoms with Crippen LogP contribution in [0.3, 0.4) is 0 Å². The van der Waals surface area contributed by atoms with Gasteiger partial charge in [-0.05, 0) is 12.5 Å². The van der Waals surface area contributed by atoms with Crippen LogP contribution in [0.25, 0.3) is 0 Å². The molecule has 0 aliphatic heterocycles. The highest BCUT2D eigenvalue weighted by Gasteiger charge is 2.20. The number of hydrazine groups is 1. The maximum atomic E-state index is 11.7. The van der Waals surface area contributed by atoms with Crippen LogP contribution in [0.4, 0.5) is 11.4 Å². The van der Waals surface area contributed by atoms with Crippen molar-refractivity contribution >= 4 is 17.3 Å². The van der Waals surface area contributed by atoms with Crippen molar-refractivity contribution in [2.75, 3.05) is 12.0 Å². The molecule has 0 fully saturated rings. The summed E-state index contributed by atoms with van der Waals surface area (Å²) < 4.78 is 0. The molecule has 0 saturated carbocycles. The number of carbonyl (C=O) groups is 1. The topological polar surface area (TPSA) is 110 Å². The van der Waals surface area contributed by atoms with Gasteiger partial charge in [0.2, 0.25) is 0 Å². The zero-order chi connectivity index (χ0) is 12.8. The first kappa shape index (κ1) is 12.9. The van der Waals surface area contributed by atoms with Crippen molar-refractivity contribution in [2.45, 2.75) is 13.3 Å². The third-order valence-corrected chi connectivity index (χ3v) is 2.16. The number of amides is 1. The number of nitro groups is 1. The van der Waals surface area contributed by atoms with Gasteiger partial charge in [-0.2, -0.15) is 0 Å². The highest BCUT2D eigenvalue weighted by Crippen LogP contribution is 2.27. The van der Waals surface area contributed by atoms with Crippen LogP contribution < -0.4 is 16.6 Å². The smallest absolute Gasteiger partial charge is 0.294 e. The average molecular weight is 238 g/mol. The molecule has 0 aromatic heterocycles. The fourth-order valence-corrected chi connectivity index (χ4v) is 1.37. The van der Waals surface area contributed by atoms with Crippen molar-refractivity contribution in [3.05, 3.63) is 33.9 Å². The minimum absolute atomic E-state index is 0.0195. The van der Waals surface area contributed by atoms with Gasteiger partial charge in [0.05, 0.1) is 10.5 Å². The molecule has 92 valence electrons. The van der Waals surface area contributed by atoms with Gasteiger partial charge >= 0.3 is 0 Å². The van der Waals surface area contributed by atoms with Gasteiger partial charge in [0, 0.05) is 12.6 Å². The molecule has 1 amide bonds. The largest absolute Gasteiger partial charge is 0.352 e. The predicted molar refractivity (Wildman–Crippen MR) is 63.5 cm³/mol. The van der Waals surface area contributed by atoms with Crippen molar-refractivity contribution in [3.63, 3.8) is 0 Å². The fourth-order valence-electron chi connectivity index (χ4n) is 1.37. The number of anilines is 1. The third-order valence-electron chi connectivity index (χ3n) is 2.16. The highest BCUT2D eigenvalue weighted by molar-refractivity contribution is 6.01. The first-order chi connectivity index (χ1) is 8.11. The lowest BCUT2D eigenvalue weighted by Crippen LogP contribution is -2.26. The monoisotopic (exact) mass is 238 g/mol. The summed E-state index contributed by atoms with van der Waals surface area (Å²) in [5, 5.41) is 13.4. The van der Waals surface area contributed by atoms with Crippen LogP contribution in [-0.4, -0.2) is 17.4 Å². The summed E-state index contributed by atoms with van der Waals surface area (Å²) in [6, 6.07) is 4.21. The van der Waals surface area contributed by atoms with Crippen LogP contribution in [0.1, 0.15) is 23.7 Å². The van der Waals surface area contributed by atoms with Gasteiger partial charge in [-0.3, -0.25) is 20.8 Å². The van der Waals surface area contributed by atoms with Gasteiger partial charge in [0.1, 0.15) is 5.69 Å². The van der Waals surface area contributed by atoms with E-state index in [0.717, 1.165) is 6.42 Å². The lowest BCUT2D eigenvalue weighted by molar-refractivity contribution is -0.384. The number of carbonyl (C=O) groups excluding carboxylic acids is 1. The summed E-state index contributed by atoms with van der Waals surface area (Å²) in [5.74, 6) is 4.84. The van der Waals surface area contributed by atoms with Crippen molar-refractivity contribution in [1.82, 2.24) is 5.32 Å². The Hall–Kier alpha value is -2.15. The summed E-state index contributed by atoms with van der Waals surface area (Å²) >= 11 is 0. The Bertz CT molecular complexity index is 434. The Morgan fingerprint density at radius 3 is 2.76 bits per heavy atom. The lowest BCUT2D eigenvalue weighted by atomic mass is 10.1. The number of hydrogen-bond donors (Lipinski definition) is 3. The second-order valence-electron chi connectivity index (χ2n) is 3.36. The first-order valence-electron chi connectivity index (χ1n) is 5.14. The summed E-state index contributed by atoms with van der Waals surface area (Å²) in [6.07, 6.45) is 0.784. The number of hydrogen-bond acceptors (Lipinski definition) is 5. The van der Waals surface area contributed by atoms with E-state index in [0.29, 0.717) is 6.54 Å². The van der Waals surface area contributed by atoms with Crippen LogP contribution in [0.15, 0.2) is 18.2 Å².